The Labute approximate surface area is 127 Å². The van der Waals surface area contributed by atoms with E-state index in [9.17, 15) is 9.18 Å². The van der Waals surface area contributed by atoms with E-state index in [0.29, 0.717) is 23.4 Å². The van der Waals surface area contributed by atoms with Crippen molar-refractivity contribution in [2.45, 2.75) is 12.8 Å². The third-order valence-electron chi connectivity index (χ3n) is 3.44. The zero-order valence-corrected chi connectivity index (χ0v) is 12.0. The lowest BCUT2D eigenvalue weighted by Crippen LogP contribution is -2.14. The van der Waals surface area contributed by atoms with E-state index < -0.39 is 0 Å². The van der Waals surface area contributed by atoms with E-state index in [0.717, 1.165) is 18.4 Å². The predicted octanol–water partition coefficient (Wildman–Crippen LogP) is 3.11. The van der Waals surface area contributed by atoms with Crippen LogP contribution in [-0.4, -0.2) is 16.5 Å². The van der Waals surface area contributed by atoms with E-state index in [4.69, 9.17) is 0 Å². The lowest BCUT2D eigenvalue weighted by molar-refractivity contribution is 0.624. The summed E-state index contributed by atoms with van der Waals surface area (Å²) in [5.41, 5.74) is 1.47. The van der Waals surface area contributed by atoms with Gasteiger partial charge in [0, 0.05) is 6.54 Å². The highest BCUT2D eigenvalue weighted by Gasteiger charge is 2.02. The first-order chi connectivity index (χ1) is 10.7. The van der Waals surface area contributed by atoms with Crippen LogP contribution >= 0.6 is 0 Å². The fourth-order valence-corrected chi connectivity index (χ4v) is 2.36. The highest BCUT2D eigenvalue weighted by molar-refractivity contribution is 5.78. The van der Waals surface area contributed by atoms with Crippen LogP contribution in [-0.2, 0) is 6.42 Å². The van der Waals surface area contributed by atoms with Gasteiger partial charge < -0.3 is 5.32 Å². The van der Waals surface area contributed by atoms with E-state index in [2.05, 4.69) is 15.3 Å². The summed E-state index contributed by atoms with van der Waals surface area (Å²) < 4.78 is 13.1. The second-order valence-corrected chi connectivity index (χ2v) is 5.09. The number of nitrogens with one attached hydrogen (secondary N) is 2. The zero-order valence-electron chi connectivity index (χ0n) is 12.0. The Hall–Kier alpha value is -2.69. The van der Waals surface area contributed by atoms with Crippen molar-refractivity contribution in [3.05, 3.63) is 70.3 Å². The van der Waals surface area contributed by atoms with Gasteiger partial charge >= 0.3 is 0 Å². The lowest BCUT2D eigenvalue weighted by Gasteiger charge is -2.06. The van der Waals surface area contributed by atoms with Crippen molar-refractivity contribution < 1.29 is 4.39 Å². The molecular weight excluding hydrogens is 281 g/mol. The maximum absolute atomic E-state index is 13.1. The monoisotopic (exact) mass is 297 g/mol. The third-order valence-corrected chi connectivity index (χ3v) is 3.44. The summed E-state index contributed by atoms with van der Waals surface area (Å²) in [4.78, 5) is 19.0. The molecule has 112 valence electrons. The quantitative estimate of drug-likeness (QED) is 0.711. The molecular formula is C17H16FN3O. The van der Waals surface area contributed by atoms with E-state index in [1.165, 1.54) is 12.1 Å². The lowest BCUT2D eigenvalue weighted by atomic mass is 10.1. The first-order valence-electron chi connectivity index (χ1n) is 7.20. The van der Waals surface area contributed by atoms with Gasteiger partial charge in [0.2, 0.25) is 5.95 Å². The summed E-state index contributed by atoms with van der Waals surface area (Å²) in [7, 11) is 0. The van der Waals surface area contributed by atoms with Crippen LogP contribution < -0.4 is 10.9 Å². The van der Waals surface area contributed by atoms with Crippen LogP contribution in [0.15, 0.2) is 53.3 Å². The summed E-state index contributed by atoms with van der Waals surface area (Å²) in [5, 5.41) is 3.68. The van der Waals surface area contributed by atoms with Gasteiger partial charge in [-0.1, -0.05) is 24.3 Å². The number of aryl methyl sites for hydroxylation is 1. The molecule has 0 aliphatic carbocycles. The molecule has 22 heavy (non-hydrogen) atoms. The summed E-state index contributed by atoms with van der Waals surface area (Å²) in [6, 6.07) is 13.8. The van der Waals surface area contributed by atoms with Gasteiger partial charge in [-0.05, 0) is 42.7 Å². The third kappa shape index (κ3) is 3.31. The molecule has 0 saturated heterocycles. The molecule has 0 radical (unpaired) electrons. The zero-order chi connectivity index (χ0) is 15.4. The second-order valence-electron chi connectivity index (χ2n) is 5.09. The molecule has 4 nitrogen and oxygen atoms in total. The molecule has 0 saturated carbocycles. The van der Waals surface area contributed by atoms with Crippen molar-refractivity contribution in [1.29, 1.82) is 0 Å². The Morgan fingerprint density at radius 3 is 2.86 bits per heavy atom. The second kappa shape index (κ2) is 6.39. The number of aromatic amines is 1. The molecule has 0 unspecified atom stereocenters. The van der Waals surface area contributed by atoms with Gasteiger partial charge in [0.1, 0.15) is 5.82 Å². The highest BCUT2D eigenvalue weighted by Crippen LogP contribution is 2.09. The first kappa shape index (κ1) is 14.3. The molecule has 0 aliphatic rings. The molecule has 1 heterocycles. The van der Waals surface area contributed by atoms with Crippen LogP contribution in [0.3, 0.4) is 0 Å². The Morgan fingerprint density at radius 2 is 2.00 bits per heavy atom. The number of benzene rings is 2. The van der Waals surface area contributed by atoms with Crippen LogP contribution in [0.5, 0.6) is 0 Å². The Bertz CT molecular complexity index is 844. The fourth-order valence-electron chi connectivity index (χ4n) is 2.36. The van der Waals surface area contributed by atoms with E-state index >= 15 is 0 Å². The molecule has 3 aromatic rings. The SMILES string of the molecule is O=c1[nH]c(NCCCc2cccc(F)c2)nc2ccccc12. The largest absolute Gasteiger partial charge is 0.356 e. The van der Waals surface area contributed by atoms with Crippen LogP contribution in [0, 0.1) is 5.82 Å². The Morgan fingerprint density at radius 1 is 1.14 bits per heavy atom. The number of H-pyrrole nitrogens is 1. The van der Waals surface area contributed by atoms with Crippen molar-refractivity contribution in [3.63, 3.8) is 0 Å². The van der Waals surface area contributed by atoms with Crippen LogP contribution in [0.25, 0.3) is 10.9 Å². The number of aromatic nitrogens is 2. The standard InChI is InChI=1S/C17H16FN3O/c18-13-7-3-5-12(11-13)6-4-10-19-17-20-15-9-2-1-8-14(15)16(22)21-17/h1-3,5,7-9,11H,4,6,10H2,(H2,19,20,21,22). The fraction of sp³-hybridized carbons (Fsp3) is 0.176. The molecule has 2 aromatic carbocycles. The van der Waals surface area contributed by atoms with Gasteiger partial charge in [-0.25, -0.2) is 9.37 Å². The molecule has 0 atom stereocenters. The van der Waals surface area contributed by atoms with E-state index in [1.54, 1.807) is 12.1 Å². The molecule has 1 aromatic heterocycles. The maximum Gasteiger partial charge on any atom is 0.260 e. The van der Waals surface area contributed by atoms with E-state index in [1.807, 2.05) is 24.3 Å². The molecule has 0 fully saturated rings. The summed E-state index contributed by atoms with van der Waals surface area (Å²) in [5.74, 6) is 0.244. The maximum atomic E-state index is 13.1. The smallest absolute Gasteiger partial charge is 0.260 e. The minimum absolute atomic E-state index is 0.154. The van der Waals surface area contributed by atoms with Crippen LogP contribution in [0.4, 0.5) is 10.3 Å². The molecule has 0 spiro atoms. The number of nitrogens with zero attached hydrogens (tertiary/aromatic N) is 1. The first-order valence-corrected chi connectivity index (χ1v) is 7.20. The molecule has 0 bridgehead atoms. The van der Waals surface area contributed by atoms with Crippen molar-refractivity contribution >= 4 is 16.9 Å². The minimum Gasteiger partial charge on any atom is -0.356 e. The number of halogens is 1. The van der Waals surface area contributed by atoms with E-state index in [-0.39, 0.29) is 11.4 Å². The van der Waals surface area contributed by atoms with Gasteiger partial charge in [0.25, 0.3) is 5.56 Å². The van der Waals surface area contributed by atoms with Crippen LogP contribution in [0.2, 0.25) is 0 Å². The number of para-hydroxylation sites is 1. The topological polar surface area (TPSA) is 57.8 Å². The Kier molecular flexibility index (Phi) is 4.14. The molecule has 0 amide bonds. The van der Waals surface area contributed by atoms with Crippen molar-refractivity contribution in [1.82, 2.24) is 9.97 Å². The summed E-state index contributed by atoms with van der Waals surface area (Å²) in [6.07, 6.45) is 1.59. The molecule has 3 rings (SSSR count). The number of hydrogen-bond donors (Lipinski definition) is 2. The van der Waals surface area contributed by atoms with Gasteiger partial charge in [0.05, 0.1) is 10.9 Å². The van der Waals surface area contributed by atoms with Crippen molar-refractivity contribution in [3.8, 4) is 0 Å². The van der Waals surface area contributed by atoms with Gasteiger partial charge in [0.15, 0.2) is 0 Å². The van der Waals surface area contributed by atoms with Crippen molar-refractivity contribution in [2.75, 3.05) is 11.9 Å². The van der Waals surface area contributed by atoms with Crippen molar-refractivity contribution in [2.24, 2.45) is 0 Å². The van der Waals surface area contributed by atoms with Gasteiger partial charge in [-0.2, -0.15) is 0 Å². The molecule has 2 N–H and O–H groups in total. The number of fused-ring (bicyclic) bond motifs is 1. The highest BCUT2D eigenvalue weighted by atomic mass is 19.1. The average molecular weight is 297 g/mol. The number of anilines is 1. The summed E-state index contributed by atoms with van der Waals surface area (Å²) in [6.45, 7) is 0.651. The molecule has 5 heteroatoms. The average Bonchev–Trinajstić information content (AvgIpc) is 2.52. The van der Waals surface area contributed by atoms with Gasteiger partial charge in [-0.15, -0.1) is 0 Å². The van der Waals surface area contributed by atoms with Gasteiger partial charge in [-0.3, -0.25) is 9.78 Å². The number of rotatable bonds is 5. The normalized spacial score (nSPS) is 10.8. The predicted molar refractivity (Wildman–Crippen MR) is 85.6 cm³/mol. The summed E-state index contributed by atoms with van der Waals surface area (Å²) >= 11 is 0. The minimum atomic E-state index is -0.217. The molecule has 0 aliphatic heterocycles. The Balaban J connectivity index is 1.61. The number of hydrogen-bond acceptors (Lipinski definition) is 3. The van der Waals surface area contributed by atoms with Crippen LogP contribution in [0.1, 0.15) is 12.0 Å².